The van der Waals surface area contributed by atoms with Crippen LogP contribution in [0.3, 0.4) is 0 Å². The topological polar surface area (TPSA) is 452 Å². The van der Waals surface area contributed by atoms with E-state index in [4.69, 9.17) is 52.8 Å². The van der Waals surface area contributed by atoms with E-state index < -0.39 is 58.9 Å². The first-order valence-electron chi connectivity index (χ1n) is 32.5. The van der Waals surface area contributed by atoms with Gasteiger partial charge in [0.15, 0.2) is 11.4 Å². The van der Waals surface area contributed by atoms with Gasteiger partial charge in [-0.2, -0.15) is 56.9 Å². The van der Waals surface area contributed by atoms with Crippen LogP contribution in [-0.4, -0.2) is 261 Å². The van der Waals surface area contributed by atoms with Gasteiger partial charge in [0, 0.05) is 191 Å². The van der Waals surface area contributed by atoms with Gasteiger partial charge < -0.3 is 58.5 Å². The van der Waals surface area contributed by atoms with Crippen LogP contribution in [0.4, 0.5) is 64.1 Å². The van der Waals surface area contributed by atoms with Crippen LogP contribution in [0.2, 0.25) is 0 Å². The lowest BCUT2D eigenvalue weighted by molar-refractivity contribution is 0.102. The smallest absolute Gasteiger partial charge is 0.296 e. The third-order valence-electron chi connectivity index (χ3n) is 17.6. The number of hydrogen-bond acceptors (Lipinski definition) is 31. The predicted octanol–water partition coefficient (Wildman–Crippen LogP) is 1.33. The molecule has 34 nitrogen and oxygen atoms in total. The van der Waals surface area contributed by atoms with E-state index >= 15 is 0 Å². The molecule has 15 N–H and O–H groups in total. The van der Waals surface area contributed by atoms with E-state index in [0.717, 1.165) is 90.7 Å². The molecule has 100 heavy (non-hydrogen) atoms. The lowest BCUT2D eigenvalue weighted by Crippen LogP contribution is -2.49. The van der Waals surface area contributed by atoms with Gasteiger partial charge in [-0.1, -0.05) is 0 Å². The van der Waals surface area contributed by atoms with Crippen molar-refractivity contribution in [3.05, 3.63) is 123 Å². The van der Waals surface area contributed by atoms with Gasteiger partial charge in [0.2, 0.25) is 47.3 Å². The molecule has 0 spiro atoms. The first-order valence-corrected chi connectivity index (χ1v) is 35.4. The van der Waals surface area contributed by atoms with Crippen LogP contribution < -0.4 is 69.3 Å². The lowest BCUT2D eigenvalue weighted by atomic mass is 9.94. The molecule has 4 fully saturated rings. The Morgan fingerprint density at radius 1 is 0.430 bits per heavy atom. The number of fused-ring (bicyclic) bond motifs is 2. The SMILES string of the molecule is Cl.NCCN1CCN(c2nc(Nc3ccc4c(c3)C=C(S(=O)(=O)O)/C(=N\Nc3ccc(NC(=O)c5ccc(N/N=C6/C(=O)c7ccc(Nc8nc(N9CCN(CCN)CC9)nc(N9CCN(CCN)CC9)n8)cc7C=C6S(=O)(=O)O)cc5)cc3)C4=O)nc(N3CCN(CCN)CC3)n2)CC1. The number of carbonyl (C=O) groups excluding carboxylic acids is 3. The third-order valence-corrected chi connectivity index (χ3v) is 19.4. The fourth-order valence-corrected chi connectivity index (χ4v) is 13.6. The van der Waals surface area contributed by atoms with Crippen LogP contribution >= 0.6 is 12.4 Å². The highest BCUT2D eigenvalue weighted by atomic mass is 35.5. The number of piperazine rings is 4. The maximum absolute atomic E-state index is 14.0. The number of anilines is 11. The Balaban J connectivity index is 0.0000101. The van der Waals surface area contributed by atoms with Crippen LogP contribution in [0, 0.1) is 0 Å². The molecule has 2 aromatic heterocycles. The number of amides is 1. The number of hydrazone groups is 2. The minimum Gasteiger partial charge on any atom is -0.338 e. The summed E-state index contributed by atoms with van der Waals surface area (Å²) in [6.45, 7) is 17.1. The molecule has 530 valence electrons. The molecule has 4 aromatic carbocycles. The van der Waals surface area contributed by atoms with E-state index in [2.05, 4.69) is 76.2 Å². The largest absolute Gasteiger partial charge is 0.338 e. The number of halogens is 1. The zero-order chi connectivity index (χ0) is 69.4. The number of Topliss-reactive ketones (excluding diaryl/α,β-unsaturated/α-hetero) is 2. The van der Waals surface area contributed by atoms with Crippen LogP contribution in [0.1, 0.15) is 42.2 Å². The molecule has 6 aliphatic rings. The molecule has 12 rings (SSSR count). The van der Waals surface area contributed by atoms with Gasteiger partial charge in [-0.25, -0.2) is 0 Å². The Labute approximate surface area is 583 Å². The Hall–Kier alpha value is -9.28. The summed E-state index contributed by atoms with van der Waals surface area (Å²) in [4.78, 5) is 86.6. The Morgan fingerprint density at radius 2 is 0.730 bits per heavy atom. The molecular formula is C63H80ClN25O9S2. The molecule has 0 atom stereocenters. The summed E-state index contributed by atoms with van der Waals surface area (Å²) < 4.78 is 72.5. The maximum atomic E-state index is 14.0. The van der Waals surface area contributed by atoms with Crippen LogP contribution in [0.5, 0.6) is 0 Å². The quantitative estimate of drug-likeness (QED) is 0.0301. The molecule has 37 heteroatoms. The second kappa shape index (κ2) is 31.9. The van der Waals surface area contributed by atoms with Crippen molar-refractivity contribution in [2.24, 2.45) is 33.1 Å². The Morgan fingerprint density at radius 3 is 1.04 bits per heavy atom. The van der Waals surface area contributed by atoms with Gasteiger partial charge in [0.05, 0.1) is 11.4 Å². The van der Waals surface area contributed by atoms with Gasteiger partial charge in [-0.3, -0.25) is 53.9 Å². The number of rotatable bonds is 24. The van der Waals surface area contributed by atoms with Gasteiger partial charge in [-0.05, 0) is 108 Å². The second-order valence-corrected chi connectivity index (χ2v) is 27.0. The zero-order valence-corrected chi connectivity index (χ0v) is 57.1. The van der Waals surface area contributed by atoms with Crippen molar-refractivity contribution >= 4 is 138 Å². The monoisotopic (exact) mass is 1430 g/mol. The molecular weight excluding hydrogens is 1350 g/mol. The van der Waals surface area contributed by atoms with E-state index in [9.17, 15) is 40.3 Å². The average Bonchev–Trinajstić information content (AvgIpc) is 0.792. The molecule has 4 aliphatic heterocycles. The number of nitrogens with two attached hydrogens (primary N) is 4. The summed E-state index contributed by atoms with van der Waals surface area (Å²) in [7, 11) is -10.0. The van der Waals surface area contributed by atoms with Gasteiger partial charge in [0.1, 0.15) is 9.81 Å². The van der Waals surface area contributed by atoms with E-state index in [0.29, 0.717) is 119 Å². The molecule has 0 bridgehead atoms. The maximum Gasteiger partial charge on any atom is 0.296 e. The fraction of sp³-hybridized carbons (Fsp3) is 0.381. The van der Waals surface area contributed by atoms with E-state index in [-0.39, 0.29) is 63.5 Å². The Bertz CT molecular complexity index is 4260. The van der Waals surface area contributed by atoms with Crippen LogP contribution in [-0.2, 0) is 20.2 Å². The highest BCUT2D eigenvalue weighted by Gasteiger charge is 2.36. The average molecular weight is 1430 g/mol. The van der Waals surface area contributed by atoms with E-state index in [1.807, 2.05) is 0 Å². The van der Waals surface area contributed by atoms with Crippen molar-refractivity contribution in [1.29, 1.82) is 0 Å². The summed E-state index contributed by atoms with van der Waals surface area (Å²) in [5, 5.41) is 17.5. The van der Waals surface area contributed by atoms with Crippen LogP contribution in [0.15, 0.2) is 105 Å². The zero-order valence-electron chi connectivity index (χ0n) is 54.6. The van der Waals surface area contributed by atoms with Gasteiger partial charge in [-0.15, -0.1) is 12.4 Å². The molecule has 6 aromatic rings. The third kappa shape index (κ3) is 17.3. The predicted molar refractivity (Wildman–Crippen MR) is 388 cm³/mol. The summed E-state index contributed by atoms with van der Waals surface area (Å²) >= 11 is 0. The van der Waals surface area contributed by atoms with E-state index in [1.165, 1.54) is 60.7 Å². The first-order chi connectivity index (χ1) is 47.8. The number of ketones is 2. The molecule has 0 unspecified atom stereocenters. The minimum atomic E-state index is -5.01. The van der Waals surface area contributed by atoms with Crippen LogP contribution in [0.25, 0.3) is 12.2 Å². The number of benzene rings is 4. The highest BCUT2D eigenvalue weighted by Crippen LogP contribution is 2.33. The lowest BCUT2D eigenvalue weighted by Gasteiger charge is -2.36. The molecule has 6 heterocycles. The number of nitrogens with one attached hydrogen (secondary N) is 5. The second-order valence-electron chi connectivity index (χ2n) is 24.2. The number of carbonyl (C=O) groups is 3. The summed E-state index contributed by atoms with van der Waals surface area (Å²) in [6.07, 6.45) is 2.31. The van der Waals surface area contributed by atoms with E-state index in [1.54, 1.807) is 24.3 Å². The van der Waals surface area contributed by atoms with Crippen molar-refractivity contribution in [3.63, 3.8) is 0 Å². The number of aromatic nitrogens is 6. The standard InChI is InChI=1S/C63H79N25O9S2.ClH/c64-13-17-81-21-29-85(30-22-81)60-71-58(72-61(75-60)86-31-23-82(18-14-65)24-32-86)69-47-9-11-49-42(37-47)39-51(98(92,93)94)53(55(49)89)79-77-45-3-1-41(2-4-45)57(91)68-44-5-7-46(8-6-44)78-80-54-52(99(95,96)97)40-43-38-48(10-12-50(43)56(54)90)70-59-73-62(87-33-25-83(19-15-66)26-34-87)76-63(74-59)88-35-27-84(20-16-67)28-36-88;/h1-12,37-40,77-78H,13-36,64-67H2,(H,68,91)(H,92,93,94)(H,95,96,97)(H,69,71,72,75)(H,70,73,74,76);1H/b79-53+,80-54+;. The fourth-order valence-electron chi connectivity index (χ4n) is 12.3. The van der Waals surface area contributed by atoms with Crippen molar-refractivity contribution < 1.29 is 40.3 Å². The van der Waals surface area contributed by atoms with Gasteiger partial charge >= 0.3 is 0 Å². The normalized spacial score (nSPS) is 18.3. The molecule has 4 saturated heterocycles. The summed E-state index contributed by atoms with van der Waals surface area (Å²) in [5.41, 5.74) is 30.0. The molecule has 0 saturated carbocycles. The van der Waals surface area contributed by atoms with Crippen molar-refractivity contribution in [2.75, 3.05) is 203 Å². The highest BCUT2D eigenvalue weighted by molar-refractivity contribution is 7.91. The van der Waals surface area contributed by atoms with Crippen molar-refractivity contribution in [1.82, 2.24) is 49.5 Å². The molecule has 1 amide bonds. The summed E-state index contributed by atoms with van der Waals surface area (Å²) in [5.74, 6) is 0.336. The number of hydrogen-bond donors (Lipinski definition) is 11. The van der Waals surface area contributed by atoms with Crippen molar-refractivity contribution in [3.8, 4) is 0 Å². The molecule has 2 aliphatic carbocycles. The number of nitrogens with zero attached hydrogens (tertiary/aromatic N) is 16. The van der Waals surface area contributed by atoms with Crippen molar-refractivity contribution in [2.45, 2.75) is 0 Å². The molecule has 0 radical (unpaired) electrons. The first kappa shape index (κ1) is 72.0. The minimum absolute atomic E-state index is 0. The Kier molecular flexibility index (Phi) is 23.0. The number of allylic oxidation sites excluding steroid dienone is 2. The van der Waals surface area contributed by atoms with Gasteiger partial charge in [0.25, 0.3) is 26.1 Å². The summed E-state index contributed by atoms with van der Waals surface area (Å²) in [6, 6.07) is 21.3.